The van der Waals surface area contributed by atoms with Crippen LogP contribution in [-0.4, -0.2) is 22.5 Å². The highest BCUT2D eigenvalue weighted by molar-refractivity contribution is 5.88. The number of nitrogens with one attached hydrogen (secondary N) is 1. The van der Waals surface area contributed by atoms with Crippen LogP contribution in [0.25, 0.3) is 0 Å². The van der Waals surface area contributed by atoms with Gasteiger partial charge in [0, 0.05) is 19.3 Å². The fraction of sp³-hybridized carbons (Fsp3) is 0.250. The van der Waals surface area contributed by atoms with Crippen molar-refractivity contribution in [3.8, 4) is 0 Å². The van der Waals surface area contributed by atoms with Crippen LogP contribution in [0.2, 0.25) is 0 Å². The summed E-state index contributed by atoms with van der Waals surface area (Å²) in [6, 6.07) is 12.0. The van der Waals surface area contributed by atoms with Crippen molar-refractivity contribution in [3.63, 3.8) is 0 Å². The van der Waals surface area contributed by atoms with Crippen LogP contribution in [0.4, 0.5) is 10.6 Å². The third-order valence-corrected chi connectivity index (χ3v) is 3.57. The van der Waals surface area contributed by atoms with Gasteiger partial charge in [-0.05, 0) is 42.2 Å². The molecule has 0 aliphatic carbocycles. The molecule has 0 saturated heterocycles. The highest BCUT2D eigenvalue weighted by Gasteiger charge is 2.20. The predicted octanol–water partition coefficient (Wildman–Crippen LogP) is 2.98. The lowest BCUT2D eigenvalue weighted by molar-refractivity contribution is 0.206. The molecule has 0 atom stereocenters. The second-order valence-electron chi connectivity index (χ2n) is 5.09. The van der Waals surface area contributed by atoms with Crippen LogP contribution in [0.5, 0.6) is 0 Å². The number of urea groups is 1. The van der Waals surface area contributed by atoms with Gasteiger partial charge in [0.25, 0.3) is 0 Å². The van der Waals surface area contributed by atoms with Gasteiger partial charge in [0.05, 0.1) is 0 Å². The molecule has 2 heterocycles. The molecule has 2 aromatic rings. The summed E-state index contributed by atoms with van der Waals surface area (Å²) in [5.74, 6) is 0.605. The highest BCUT2D eigenvalue weighted by atomic mass is 16.2. The van der Waals surface area contributed by atoms with E-state index in [2.05, 4.69) is 22.4 Å². The first kappa shape index (κ1) is 12.7. The molecule has 1 aliphatic heterocycles. The number of fused-ring (bicyclic) bond motifs is 1. The summed E-state index contributed by atoms with van der Waals surface area (Å²) in [6.07, 6.45) is 2.61. The van der Waals surface area contributed by atoms with Gasteiger partial charge in [0.1, 0.15) is 5.82 Å². The number of anilines is 1. The molecule has 0 radical (unpaired) electrons. The number of pyridine rings is 1. The van der Waals surface area contributed by atoms with Crippen molar-refractivity contribution >= 4 is 11.8 Å². The Morgan fingerprint density at radius 2 is 2.05 bits per heavy atom. The normalized spacial score (nSPS) is 13.8. The Hall–Kier alpha value is -2.36. The Kier molecular flexibility index (Phi) is 3.37. The third kappa shape index (κ3) is 2.64. The van der Waals surface area contributed by atoms with Crippen LogP contribution in [0.1, 0.15) is 16.7 Å². The SMILES string of the molecule is Cc1ccnc(NC(=O)N2CCc3ccccc3C2)c1. The van der Waals surface area contributed by atoms with E-state index in [1.165, 1.54) is 11.1 Å². The van der Waals surface area contributed by atoms with Crippen LogP contribution < -0.4 is 5.32 Å². The van der Waals surface area contributed by atoms with Crippen molar-refractivity contribution in [2.24, 2.45) is 0 Å². The summed E-state index contributed by atoms with van der Waals surface area (Å²) >= 11 is 0. The number of benzene rings is 1. The van der Waals surface area contributed by atoms with Gasteiger partial charge in [-0.2, -0.15) is 0 Å². The lowest BCUT2D eigenvalue weighted by Crippen LogP contribution is -2.39. The highest BCUT2D eigenvalue weighted by Crippen LogP contribution is 2.19. The van der Waals surface area contributed by atoms with Gasteiger partial charge in [0.15, 0.2) is 0 Å². The molecule has 0 saturated carbocycles. The van der Waals surface area contributed by atoms with Crippen LogP contribution in [-0.2, 0) is 13.0 Å². The average molecular weight is 267 g/mol. The molecule has 1 aliphatic rings. The number of nitrogens with zero attached hydrogens (tertiary/aromatic N) is 2. The van der Waals surface area contributed by atoms with E-state index >= 15 is 0 Å². The van der Waals surface area contributed by atoms with Crippen LogP contribution in [0.3, 0.4) is 0 Å². The predicted molar refractivity (Wildman–Crippen MR) is 78.5 cm³/mol. The third-order valence-electron chi connectivity index (χ3n) is 3.57. The van der Waals surface area contributed by atoms with Gasteiger partial charge in [-0.3, -0.25) is 5.32 Å². The first-order valence-electron chi connectivity index (χ1n) is 6.78. The van der Waals surface area contributed by atoms with Crippen molar-refractivity contribution in [3.05, 3.63) is 59.3 Å². The maximum absolute atomic E-state index is 12.3. The standard InChI is InChI=1S/C16H17N3O/c1-12-6-8-17-15(10-12)18-16(20)19-9-7-13-4-2-3-5-14(13)11-19/h2-6,8,10H,7,9,11H2,1H3,(H,17,18,20). The minimum Gasteiger partial charge on any atom is -0.320 e. The van der Waals surface area contributed by atoms with Gasteiger partial charge >= 0.3 is 6.03 Å². The summed E-state index contributed by atoms with van der Waals surface area (Å²) in [5.41, 5.74) is 3.65. The van der Waals surface area contributed by atoms with Crippen molar-refractivity contribution < 1.29 is 4.79 Å². The summed E-state index contributed by atoms with van der Waals surface area (Å²) in [6.45, 7) is 3.39. The van der Waals surface area contributed by atoms with E-state index in [0.29, 0.717) is 12.4 Å². The summed E-state index contributed by atoms with van der Waals surface area (Å²) in [4.78, 5) is 18.2. The molecule has 0 unspecified atom stereocenters. The topological polar surface area (TPSA) is 45.2 Å². The number of carbonyl (C=O) groups is 1. The first-order valence-corrected chi connectivity index (χ1v) is 6.78. The molecule has 2 amide bonds. The molecule has 1 aromatic carbocycles. The minimum absolute atomic E-state index is 0.0856. The van der Waals surface area contributed by atoms with E-state index in [1.54, 1.807) is 6.20 Å². The van der Waals surface area contributed by atoms with Crippen molar-refractivity contribution in [1.29, 1.82) is 0 Å². The lowest BCUT2D eigenvalue weighted by atomic mass is 10.0. The number of carbonyl (C=O) groups excluding carboxylic acids is 1. The van der Waals surface area contributed by atoms with E-state index in [9.17, 15) is 4.79 Å². The fourth-order valence-electron chi connectivity index (χ4n) is 2.46. The monoisotopic (exact) mass is 267 g/mol. The second kappa shape index (κ2) is 5.33. The zero-order valence-electron chi connectivity index (χ0n) is 11.5. The van der Waals surface area contributed by atoms with Crippen LogP contribution >= 0.6 is 0 Å². The Labute approximate surface area is 118 Å². The Balaban J connectivity index is 1.70. The molecule has 4 heteroatoms. The maximum Gasteiger partial charge on any atom is 0.323 e. The quantitative estimate of drug-likeness (QED) is 0.863. The molecular formula is C16H17N3O. The molecular weight excluding hydrogens is 250 g/mol. The van der Waals surface area contributed by atoms with Crippen LogP contribution in [0, 0.1) is 6.92 Å². The Morgan fingerprint density at radius 3 is 2.85 bits per heavy atom. The number of aromatic nitrogens is 1. The molecule has 0 fully saturated rings. The largest absolute Gasteiger partial charge is 0.323 e. The van der Waals surface area contributed by atoms with Gasteiger partial charge in [-0.25, -0.2) is 9.78 Å². The Bertz CT molecular complexity index is 639. The summed E-state index contributed by atoms with van der Waals surface area (Å²) in [7, 11) is 0. The number of amides is 2. The second-order valence-corrected chi connectivity index (χ2v) is 5.09. The van der Waals surface area contributed by atoms with Gasteiger partial charge < -0.3 is 4.90 Å². The molecule has 1 aromatic heterocycles. The zero-order valence-corrected chi connectivity index (χ0v) is 11.5. The number of aryl methyl sites for hydroxylation is 1. The Morgan fingerprint density at radius 1 is 1.25 bits per heavy atom. The van der Waals surface area contributed by atoms with E-state index < -0.39 is 0 Å². The average Bonchev–Trinajstić information content (AvgIpc) is 2.47. The molecule has 3 rings (SSSR count). The number of rotatable bonds is 1. The minimum atomic E-state index is -0.0856. The summed E-state index contributed by atoms with van der Waals surface area (Å²) < 4.78 is 0. The molecule has 102 valence electrons. The van der Waals surface area contributed by atoms with E-state index in [-0.39, 0.29) is 6.03 Å². The summed E-state index contributed by atoms with van der Waals surface area (Å²) in [5, 5.41) is 2.86. The fourth-order valence-corrected chi connectivity index (χ4v) is 2.46. The molecule has 0 bridgehead atoms. The number of hydrogen-bond acceptors (Lipinski definition) is 2. The van der Waals surface area contributed by atoms with Crippen molar-refractivity contribution in [2.45, 2.75) is 19.9 Å². The zero-order chi connectivity index (χ0) is 13.9. The molecule has 4 nitrogen and oxygen atoms in total. The maximum atomic E-state index is 12.3. The van der Waals surface area contributed by atoms with E-state index in [0.717, 1.165) is 18.5 Å². The lowest BCUT2D eigenvalue weighted by Gasteiger charge is -2.28. The molecule has 20 heavy (non-hydrogen) atoms. The molecule has 1 N–H and O–H groups in total. The molecule has 0 spiro atoms. The first-order chi connectivity index (χ1) is 9.72. The van der Waals surface area contributed by atoms with Gasteiger partial charge in [-0.1, -0.05) is 24.3 Å². The van der Waals surface area contributed by atoms with E-state index in [4.69, 9.17) is 0 Å². The van der Waals surface area contributed by atoms with Crippen molar-refractivity contribution in [1.82, 2.24) is 9.88 Å². The van der Waals surface area contributed by atoms with E-state index in [1.807, 2.05) is 36.1 Å². The number of hydrogen-bond donors (Lipinski definition) is 1. The van der Waals surface area contributed by atoms with Crippen LogP contribution in [0.15, 0.2) is 42.6 Å². The van der Waals surface area contributed by atoms with Gasteiger partial charge in [0.2, 0.25) is 0 Å². The smallest absolute Gasteiger partial charge is 0.320 e. The van der Waals surface area contributed by atoms with Crippen molar-refractivity contribution in [2.75, 3.05) is 11.9 Å². The van der Waals surface area contributed by atoms with Gasteiger partial charge in [-0.15, -0.1) is 0 Å².